The van der Waals surface area contributed by atoms with Crippen molar-refractivity contribution in [2.75, 3.05) is 19.6 Å². The topological polar surface area (TPSA) is 76.1 Å². The van der Waals surface area contributed by atoms with Crippen molar-refractivity contribution in [3.63, 3.8) is 0 Å². The lowest BCUT2D eigenvalue weighted by Gasteiger charge is -2.25. The van der Waals surface area contributed by atoms with Gasteiger partial charge in [-0.05, 0) is 82.4 Å². The molecule has 1 rings (SSSR count). The Kier molecular flexibility index (Phi) is 12.3. The second kappa shape index (κ2) is 13.9. The Bertz CT molecular complexity index is 561. The van der Waals surface area contributed by atoms with Crippen LogP contribution in [0.25, 0.3) is 0 Å². The van der Waals surface area contributed by atoms with Crippen molar-refractivity contribution in [1.82, 2.24) is 10.6 Å². The first kappa shape index (κ1) is 25.8. The zero-order valence-electron chi connectivity index (χ0n) is 20.0. The first-order chi connectivity index (χ1) is 13.9. The van der Waals surface area contributed by atoms with Crippen molar-refractivity contribution in [2.45, 2.75) is 86.1 Å². The van der Waals surface area contributed by atoms with Gasteiger partial charge in [0.05, 0.1) is 0 Å². The summed E-state index contributed by atoms with van der Waals surface area (Å²) in [5.41, 5.74) is 17.5. The highest BCUT2D eigenvalue weighted by molar-refractivity contribution is 5.47. The normalized spacial score (nSPS) is 19.8. The lowest BCUT2D eigenvalue weighted by molar-refractivity contribution is 0.383. The third-order valence-corrected chi connectivity index (χ3v) is 6.67. The van der Waals surface area contributed by atoms with Gasteiger partial charge in [-0.1, -0.05) is 46.3 Å². The maximum absolute atomic E-state index is 6.79. The van der Waals surface area contributed by atoms with Gasteiger partial charge >= 0.3 is 0 Å². The van der Waals surface area contributed by atoms with Crippen LogP contribution in [0.4, 0.5) is 0 Å². The number of unbranched alkanes of at least 4 members (excludes halogenated alkanes) is 1. The van der Waals surface area contributed by atoms with Crippen molar-refractivity contribution in [2.24, 2.45) is 29.2 Å². The lowest BCUT2D eigenvalue weighted by atomic mass is 9.85. The van der Waals surface area contributed by atoms with Gasteiger partial charge in [0.1, 0.15) is 0 Å². The Morgan fingerprint density at radius 2 is 1.90 bits per heavy atom. The van der Waals surface area contributed by atoms with Crippen LogP contribution in [-0.2, 0) is 0 Å². The molecule has 4 heteroatoms. The molecule has 0 saturated heterocycles. The number of nitrogens with one attached hydrogen (secondary N) is 2. The molecule has 0 aromatic heterocycles. The predicted octanol–water partition coefficient (Wildman–Crippen LogP) is 4.84. The Morgan fingerprint density at radius 3 is 2.52 bits per heavy atom. The molecule has 4 unspecified atom stereocenters. The summed E-state index contributed by atoms with van der Waals surface area (Å²) >= 11 is 0. The van der Waals surface area contributed by atoms with Crippen LogP contribution >= 0.6 is 0 Å². The van der Waals surface area contributed by atoms with Crippen molar-refractivity contribution in [3.05, 3.63) is 34.7 Å². The summed E-state index contributed by atoms with van der Waals surface area (Å²) in [6, 6.07) is 0.583. The van der Waals surface area contributed by atoms with Crippen LogP contribution in [0.15, 0.2) is 34.7 Å². The van der Waals surface area contributed by atoms with Crippen LogP contribution < -0.4 is 22.1 Å². The van der Waals surface area contributed by atoms with Crippen LogP contribution in [0.3, 0.4) is 0 Å². The minimum absolute atomic E-state index is 0.351. The molecule has 0 aliphatic carbocycles. The number of rotatable bonds is 14. The van der Waals surface area contributed by atoms with Gasteiger partial charge in [0.15, 0.2) is 0 Å². The van der Waals surface area contributed by atoms with Crippen LogP contribution in [0.2, 0.25) is 0 Å². The summed E-state index contributed by atoms with van der Waals surface area (Å²) in [5, 5.41) is 7.27. The number of allylic oxidation sites excluding steroid dienone is 3. The fourth-order valence-electron chi connectivity index (χ4n) is 4.08. The van der Waals surface area contributed by atoms with E-state index < -0.39 is 0 Å². The molecule has 0 aromatic carbocycles. The highest BCUT2D eigenvalue weighted by Crippen LogP contribution is 2.33. The van der Waals surface area contributed by atoms with Gasteiger partial charge in [0, 0.05) is 29.6 Å². The molecular formula is C25H48N4. The van der Waals surface area contributed by atoms with Crippen LogP contribution in [0.5, 0.6) is 0 Å². The average Bonchev–Trinajstić information content (AvgIpc) is 3.20. The van der Waals surface area contributed by atoms with Crippen molar-refractivity contribution >= 4 is 0 Å². The second-order valence-corrected chi connectivity index (χ2v) is 8.95. The molecule has 1 aliphatic heterocycles. The van der Waals surface area contributed by atoms with Crippen molar-refractivity contribution in [3.8, 4) is 0 Å². The smallest absolute Gasteiger partial charge is 0.0426 e. The molecule has 29 heavy (non-hydrogen) atoms. The van der Waals surface area contributed by atoms with Gasteiger partial charge in [0.25, 0.3) is 0 Å². The van der Waals surface area contributed by atoms with E-state index in [9.17, 15) is 0 Å². The van der Waals surface area contributed by atoms with Gasteiger partial charge < -0.3 is 22.1 Å². The van der Waals surface area contributed by atoms with Crippen molar-refractivity contribution in [1.29, 1.82) is 0 Å². The number of nitrogens with two attached hydrogens (primary N) is 2. The summed E-state index contributed by atoms with van der Waals surface area (Å²) in [5.74, 6) is 1.47. The highest BCUT2D eigenvalue weighted by Gasteiger charge is 2.25. The van der Waals surface area contributed by atoms with Gasteiger partial charge in [0.2, 0.25) is 0 Å². The SMILES string of the molecule is C/C=C\C(C1=C(C(C)CCCCN)CCN1)=C(\N)C(C)C(C)CCNC(C)CC. The number of hydrogen-bond donors (Lipinski definition) is 4. The molecule has 1 heterocycles. The fraction of sp³-hybridized carbons (Fsp3) is 0.760. The van der Waals surface area contributed by atoms with E-state index >= 15 is 0 Å². The van der Waals surface area contributed by atoms with Crippen LogP contribution in [-0.4, -0.2) is 25.7 Å². The molecule has 0 aromatic rings. The molecular weight excluding hydrogens is 356 g/mol. The van der Waals surface area contributed by atoms with Gasteiger partial charge in [-0.25, -0.2) is 0 Å². The minimum Gasteiger partial charge on any atom is -0.401 e. The average molecular weight is 405 g/mol. The minimum atomic E-state index is 0.351. The van der Waals surface area contributed by atoms with E-state index in [-0.39, 0.29) is 0 Å². The van der Waals surface area contributed by atoms with E-state index in [1.165, 1.54) is 36.1 Å². The van der Waals surface area contributed by atoms with Gasteiger partial charge in [-0.3, -0.25) is 0 Å². The molecule has 0 bridgehead atoms. The molecule has 6 N–H and O–H groups in total. The molecule has 4 atom stereocenters. The monoisotopic (exact) mass is 404 g/mol. The van der Waals surface area contributed by atoms with Crippen molar-refractivity contribution < 1.29 is 0 Å². The van der Waals surface area contributed by atoms with E-state index in [0.717, 1.165) is 44.6 Å². The van der Waals surface area contributed by atoms with E-state index in [1.807, 2.05) is 0 Å². The predicted molar refractivity (Wildman–Crippen MR) is 128 cm³/mol. The third-order valence-electron chi connectivity index (χ3n) is 6.67. The van der Waals surface area contributed by atoms with E-state index in [2.05, 4.69) is 64.3 Å². The molecule has 0 radical (unpaired) electrons. The first-order valence-electron chi connectivity index (χ1n) is 11.9. The summed E-state index contributed by atoms with van der Waals surface area (Å²) in [6.07, 6.45) is 11.3. The Morgan fingerprint density at radius 1 is 1.17 bits per heavy atom. The van der Waals surface area contributed by atoms with E-state index in [0.29, 0.717) is 23.8 Å². The molecule has 168 valence electrons. The fourth-order valence-corrected chi connectivity index (χ4v) is 4.08. The Hall–Kier alpha value is -1.26. The van der Waals surface area contributed by atoms with Crippen LogP contribution in [0.1, 0.15) is 80.1 Å². The Balaban J connectivity index is 2.98. The standard InChI is InChI=1S/C25H48N4/c1-7-11-23(24(27)21(6)18(3)13-16-28-20(5)8-2)25-22(14-17-29-25)19(4)12-9-10-15-26/h7,11,18-21,28-29H,8-10,12-17,26-27H2,1-6H3/b11-7-,24-23-. The Labute approximate surface area is 180 Å². The maximum atomic E-state index is 6.79. The molecule has 0 spiro atoms. The summed E-state index contributed by atoms with van der Waals surface area (Å²) in [6.45, 7) is 16.4. The largest absolute Gasteiger partial charge is 0.401 e. The zero-order valence-corrected chi connectivity index (χ0v) is 20.0. The summed E-state index contributed by atoms with van der Waals surface area (Å²) in [4.78, 5) is 0. The quantitative estimate of drug-likeness (QED) is 0.247. The summed E-state index contributed by atoms with van der Waals surface area (Å²) < 4.78 is 0. The van der Waals surface area contributed by atoms with Gasteiger partial charge in [-0.15, -0.1) is 0 Å². The molecule has 0 amide bonds. The first-order valence-corrected chi connectivity index (χ1v) is 11.9. The molecule has 1 aliphatic rings. The maximum Gasteiger partial charge on any atom is 0.0426 e. The van der Waals surface area contributed by atoms with Gasteiger partial charge in [-0.2, -0.15) is 0 Å². The second-order valence-electron chi connectivity index (χ2n) is 8.95. The molecule has 0 fully saturated rings. The highest BCUT2D eigenvalue weighted by atomic mass is 14.9. The molecule has 0 saturated carbocycles. The zero-order chi connectivity index (χ0) is 21.8. The molecule has 4 nitrogen and oxygen atoms in total. The van der Waals surface area contributed by atoms with Crippen LogP contribution in [0, 0.1) is 17.8 Å². The van der Waals surface area contributed by atoms with E-state index in [4.69, 9.17) is 11.5 Å². The lowest BCUT2D eigenvalue weighted by Crippen LogP contribution is -2.29. The number of hydrogen-bond acceptors (Lipinski definition) is 4. The van der Waals surface area contributed by atoms with E-state index in [1.54, 1.807) is 0 Å². The third kappa shape index (κ3) is 8.18. The summed E-state index contributed by atoms with van der Waals surface area (Å²) in [7, 11) is 0.